The Balaban J connectivity index is 2.19. The van der Waals surface area contributed by atoms with Gasteiger partial charge in [0.2, 0.25) is 11.8 Å². The monoisotopic (exact) mass is 323 g/mol. The van der Waals surface area contributed by atoms with Crippen LogP contribution in [0.3, 0.4) is 0 Å². The van der Waals surface area contributed by atoms with Crippen LogP contribution in [-0.4, -0.2) is 34.2 Å². The fourth-order valence-corrected chi connectivity index (χ4v) is 2.61. The van der Waals surface area contributed by atoms with Crippen molar-refractivity contribution in [2.45, 2.75) is 32.7 Å². The first-order chi connectivity index (χ1) is 10.8. The summed E-state index contributed by atoms with van der Waals surface area (Å²) in [6.45, 7) is 3.99. The number of nitro groups is 1. The highest BCUT2D eigenvalue weighted by atomic mass is 19.1. The van der Waals surface area contributed by atoms with Gasteiger partial charge in [-0.1, -0.05) is 13.8 Å². The standard InChI is InChI=1S/C15H18FN3O4/c1-9(2)15(21)18-7-3-4-12(18)14(20)17-11-6-5-10(16)8-13(11)19(22)23/h5-6,8-9,12H,3-4,7H2,1-2H3,(H,17,20)/t12-/m1/s1. The number of anilines is 1. The Morgan fingerprint density at radius 2 is 2.13 bits per heavy atom. The van der Waals surface area contributed by atoms with Crippen molar-refractivity contribution in [2.75, 3.05) is 11.9 Å². The maximum Gasteiger partial charge on any atom is 0.295 e. The van der Waals surface area contributed by atoms with Gasteiger partial charge in [-0.05, 0) is 25.0 Å². The number of carbonyl (C=O) groups excluding carboxylic acids is 2. The zero-order valence-electron chi connectivity index (χ0n) is 12.9. The molecule has 1 aliphatic rings. The summed E-state index contributed by atoms with van der Waals surface area (Å²) < 4.78 is 13.1. The van der Waals surface area contributed by atoms with E-state index in [9.17, 15) is 24.1 Å². The van der Waals surface area contributed by atoms with Crippen LogP contribution in [0.25, 0.3) is 0 Å². The van der Waals surface area contributed by atoms with E-state index in [4.69, 9.17) is 0 Å². The first kappa shape index (κ1) is 16.9. The third-order valence-corrected chi connectivity index (χ3v) is 3.75. The van der Waals surface area contributed by atoms with Crippen LogP contribution in [0.4, 0.5) is 15.8 Å². The molecule has 23 heavy (non-hydrogen) atoms. The number of nitrogens with zero attached hydrogens (tertiary/aromatic N) is 2. The smallest absolute Gasteiger partial charge is 0.295 e. The number of nitrogens with one attached hydrogen (secondary N) is 1. The van der Waals surface area contributed by atoms with Crippen molar-refractivity contribution in [1.29, 1.82) is 0 Å². The molecule has 0 radical (unpaired) electrons. The zero-order chi connectivity index (χ0) is 17.1. The van der Waals surface area contributed by atoms with Crippen LogP contribution in [0.1, 0.15) is 26.7 Å². The highest BCUT2D eigenvalue weighted by Crippen LogP contribution is 2.27. The van der Waals surface area contributed by atoms with Crippen molar-refractivity contribution in [1.82, 2.24) is 4.90 Å². The SMILES string of the molecule is CC(C)C(=O)N1CCC[C@@H]1C(=O)Nc1ccc(F)cc1[N+](=O)[O-]. The molecule has 0 spiro atoms. The van der Waals surface area contributed by atoms with E-state index < -0.39 is 28.4 Å². The van der Waals surface area contributed by atoms with Gasteiger partial charge in [0.25, 0.3) is 5.69 Å². The second-order valence-corrected chi connectivity index (χ2v) is 5.75. The molecule has 2 rings (SSSR count). The molecular formula is C15H18FN3O4. The molecule has 1 fully saturated rings. The molecule has 0 bridgehead atoms. The van der Waals surface area contributed by atoms with Crippen molar-refractivity contribution < 1.29 is 18.9 Å². The molecule has 7 nitrogen and oxygen atoms in total. The van der Waals surface area contributed by atoms with Crippen LogP contribution >= 0.6 is 0 Å². The number of hydrogen-bond acceptors (Lipinski definition) is 4. The molecule has 1 N–H and O–H groups in total. The predicted molar refractivity (Wildman–Crippen MR) is 81.3 cm³/mol. The van der Waals surface area contributed by atoms with E-state index in [0.29, 0.717) is 19.4 Å². The molecule has 1 aliphatic heterocycles. The molecule has 0 unspecified atom stereocenters. The summed E-state index contributed by atoms with van der Waals surface area (Å²) in [5.74, 6) is -1.61. The van der Waals surface area contributed by atoms with E-state index in [1.54, 1.807) is 13.8 Å². The second kappa shape index (κ2) is 6.72. The van der Waals surface area contributed by atoms with Crippen LogP contribution in [0, 0.1) is 21.8 Å². The van der Waals surface area contributed by atoms with Crippen LogP contribution < -0.4 is 5.32 Å². The molecule has 0 aromatic heterocycles. The summed E-state index contributed by atoms with van der Waals surface area (Å²) >= 11 is 0. The number of hydrogen-bond donors (Lipinski definition) is 1. The van der Waals surface area contributed by atoms with Gasteiger partial charge in [0.05, 0.1) is 11.0 Å². The average Bonchev–Trinajstić information content (AvgIpc) is 2.97. The minimum atomic E-state index is -0.760. The Morgan fingerprint density at radius 1 is 1.43 bits per heavy atom. The largest absolute Gasteiger partial charge is 0.330 e. The summed E-state index contributed by atoms with van der Waals surface area (Å²) in [6, 6.07) is 2.28. The van der Waals surface area contributed by atoms with Crippen molar-refractivity contribution >= 4 is 23.2 Å². The quantitative estimate of drug-likeness (QED) is 0.680. The van der Waals surface area contributed by atoms with Gasteiger partial charge in [-0.25, -0.2) is 4.39 Å². The normalized spacial score (nSPS) is 17.4. The topological polar surface area (TPSA) is 92.6 Å². The summed E-state index contributed by atoms with van der Waals surface area (Å²) in [7, 11) is 0. The minimum Gasteiger partial charge on any atom is -0.330 e. The third kappa shape index (κ3) is 3.64. The van der Waals surface area contributed by atoms with Crippen LogP contribution in [-0.2, 0) is 9.59 Å². The molecular weight excluding hydrogens is 305 g/mol. The number of amides is 2. The van der Waals surface area contributed by atoms with Crippen LogP contribution in [0.15, 0.2) is 18.2 Å². The molecule has 1 aromatic carbocycles. The highest BCUT2D eigenvalue weighted by molar-refractivity contribution is 5.99. The maximum atomic E-state index is 13.1. The second-order valence-electron chi connectivity index (χ2n) is 5.75. The molecule has 1 saturated heterocycles. The predicted octanol–water partition coefficient (Wildman–Crippen LogP) is 2.32. The van der Waals surface area contributed by atoms with E-state index >= 15 is 0 Å². The molecule has 0 aliphatic carbocycles. The average molecular weight is 323 g/mol. The lowest BCUT2D eigenvalue weighted by Gasteiger charge is -2.25. The Morgan fingerprint density at radius 3 is 2.74 bits per heavy atom. The summed E-state index contributed by atoms with van der Waals surface area (Å²) in [5, 5.41) is 13.4. The van der Waals surface area contributed by atoms with E-state index in [1.165, 1.54) is 4.90 Å². The molecule has 124 valence electrons. The van der Waals surface area contributed by atoms with Gasteiger partial charge in [-0.2, -0.15) is 0 Å². The Hall–Kier alpha value is -2.51. The van der Waals surface area contributed by atoms with Gasteiger partial charge in [0.1, 0.15) is 17.5 Å². The van der Waals surface area contributed by atoms with Gasteiger partial charge in [0, 0.05) is 12.5 Å². The Bertz CT molecular complexity index is 648. The maximum absolute atomic E-state index is 13.1. The lowest BCUT2D eigenvalue weighted by Crippen LogP contribution is -2.44. The minimum absolute atomic E-state index is 0.0785. The fourth-order valence-electron chi connectivity index (χ4n) is 2.61. The van der Waals surface area contributed by atoms with E-state index in [-0.39, 0.29) is 17.5 Å². The van der Waals surface area contributed by atoms with Crippen molar-refractivity contribution in [2.24, 2.45) is 5.92 Å². The van der Waals surface area contributed by atoms with Crippen molar-refractivity contribution in [3.05, 3.63) is 34.1 Å². The number of likely N-dealkylation sites (tertiary alicyclic amines) is 1. The first-order valence-corrected chi connectivity index (χ1v) is 7.36. The molecule has 1 heterocycles. The van der Waals surface area contributed by atoms with Gasteiger partial charge < -0.3 is 10.2 Å². The summed E-state index contributed by atoms with van der Waals surface area (Å²) in [5.41, 5.74) is -0.594. The van der Waals surface area contributed by atoms with Crippen LogP contribution in [0.2, 0.25) is 0 Å². The van der Waals surface area contributed by atoms with Gasteiger partial charge in [-0.3, -0.25) is 19.7 Å². The molecule has 1 atom stereocenters. The van der Waals surface area contributed by atoms with Gasteiger partial charge in [0.15, 0.2) is 0 Å². The molecule has 2 amide bonds. The zero-order valence-corrected chi connectivity index (χ0v) is 12.9. The number of benzene rings is 1. The lowest BCUT2D eigenvalue weighted by molar-refractivity contribution is -0.384. The molecule has 8 heteroatoms. The number of rotatable bonds is 4. The Kier molecular flexibility index (Phi) is 4.92. The molecule has 1 aromatic rings. The van der Waals surface area contributed by atoms with E-state index in [2.05, 4.69) is 5.32 Å². The lowest BCUT2D eigenvalue weighted by atomic mass is 10.1. The van der Waals surface area contributed by atoms with Crippen LogP contribution in [0.5, 0.6) is 0 Å². The summed E-state index contributed by atoms with van der Waals surface area (Å²) in [6.07, 6.45) is 1.20. The summed E-state index contributed by atoms with van der Waals surface area (Å²) in [4.78, 5) is 36.2. The third-order valence-electron chi connectivity index (χ3n) is 3.75. The fraction of sp³-hybridized carbons (Fsp3) is 0.467. The van der Waals surface area contributed by atoms with E-state index in [1.807, 2.05) is 0 Å². The number of nitro benzene ring substituents is 1. The van der Waals surface area contributed by atoms with Gasteiger partial charge >= 0.3 is 0 Å². The number of halogens is 1. The molecule has 0 saturated carbocycles. The highest BCUT2D eigenvalue weighted by Gasteiger charge is 2.35. The van der Waals surface area contributed by atoms with Crippen molar-refractivity contribution in [3.8, 4) is 0 Å². The Labute approximate surface area is 132 Å². The van der Waals surface area contributed by atoms with Gasteiger partial charge in [-0.15, -0.1) is 0 Å². The first-order valence-electron chi connectivity index (χ1n) is 7.36. The number of carbonyl (C=O) groups is 2. The van der Waals surface area contributed by atoms with E-state index in [0.717, 1.165) is 18.2 Å². The van der Waals surface area contributed by atoms with Crippen molar-refractivity contribution in [3.63, 3.8) is 0 Å².